The van der Waals surface area contributed by atoms with E-state index < -0.39 is 0 Å². The van der Waals surface area contributed by atoms with Gasteiger partial charge in [0.1, 0.15) is 23.0 Å². The molecule has 3 rings (SSSR count). The molecule has 0 fully saturated rings. The summed E-state index contributed by atoms with van der Waals surface area (Å²) in [5, 5.41) is 8.89. The lowest BCUT2D eigenvalue weighted by Crippen LogP contribution is -2.23. The van der Waals surface area contributed by atoms with Crippen LogP contribution in [0, 0.1) is 0 Å². The maximum absolute atomic E-state index is 13.3. The predicted molar refractivity (Wildman–Crippen MR) is 138 cm³/mol. The van der Waals surface area contributed by atoms with Crippen molar-refractivity contribution >= 4 is 23.4 Å². The smallest absolute Gasteiger partial charge is 0.274 e. The van der Waals surface area contributed by atoms with Gasteiger partial charge in [-0.25, -0.2) is 4.98 Å². The monoisotopic (exact) mass is 462 g/mol. The number of aromatic amines is 1. The Kier molecular flexibility index (Phi) is 8.38. The highest BCUT2D eigenvalue weighted by atomic mass is 32.2. The minimum Gasteiger partial charge on any atom is -0.494 e. The number of anilines is 1. The summed E-state index contributed by atoms with van der Waals surface area (Å²) < 4.78 is 5.56. The highest BCUT2D eigenvalue weighted by molar-refractivity contribution is 8.05. The molecule has 0 aliphatic carbocycles. The molecule has 0 spiro atoms. The molecular formula is C26H30N4O2S. The van der Waals surface area contributed by atoms with Gasteiger partial charge in [0, 0.05) is 23.9 Å². The maximum atomic E-state index is 13.3. The lowest BCUT2D eigenvalue weighted by atomic mass is 10.1. The molecule has 2 aromatic carbocycles. The molecular weight excluding hydrogens is 432 g/mol. The van der Waals surface area contributed by atoms with Gasteiger partial charge in [-0.1, -0.05) is 17.8 Å². The second-order valence-electron chi connectivity index (χ2n) is 7.46. The molecule has 1 aromatic heterocycles. The number of amides is 1. The van der Waals surface area contributed by atoms with Crippen LogP contribution in [0.25, 0.3) is 22.6 Å². The van der Waals surface area contributed by atoms with Crippen molar-refractivity contribution in [2.24, 2.45) is 0 Å². The Morgan fingerprint density at radius 2 is 1.76 bits per heavy atom. The highest BCUT2D eigenvalue weighted by Gasteiger charge is 2.21. The van der Waals surface area contributed by atoms with E-state index in [1.807, 2.05) is 94.8 Å². The van der Waals surface area contributed by atoms with E-state index in [0.29, 0.717) is 23.8 Å². The van der Waals surface area contributed by atoms with E-state index in [9.17, 15) is 4.79 Å². The number of nitrogens with zero attached hydrogens (tertiary/aromatic N) is 1. The fourth-order valence-corrected chi connectivity index (χ4v) is 3.79. The number of allylic oxidation sites excluding steroid dienone is 2. The van der Waals surface area contributed by atoms with E-state index in [0.717, 1.165) is 33.2 Å². The summed E-state index contributed by atoms with van der Waals surface area (Å²) in [7, 11) is 1.88. The van der Waals surface area contributed by atoms with Gasteiger partial charge < -0.3 is 20.4 Å². The summed E-state index contributed by atoms with van der Waals surface area (Å²) in [5.74, 6) is 1.17. The molecule has 0 aliphatic rings. The molecule has 33 heavy (non-hydrogen) atoms. The third-order valence-electron chi connectivity index (χ3n) is 4.82. The Balaban J connectivity index is 2.03. The molecule has 1 heterocycles. The average molecular weight is 463 g/mol. The van der Waals surface area contributed by atoms with Crippen molar-refractivity contribution in [3.05, 3.63) is 76.3 Å². The minimum atomic E-state index is -0.238. The van der Waals surface area contributed by atoms with E-state index in [1.165, 1.54) is 11.8 Å². The van der Waals surface area contributed by atoms with E-state index in [-0.39, 0.29) is 5.91 Å². The quantitative estimate of drug-likeness (QED) is 0.341. The Hall–Kier alpha value is -3.45. The number of ether oxygens (including phenoxy) is 1. The van der Waals surface area contributed by atoms with E-state index in [4.69, 9.17) is 9.72 Å². The zero-order valence-electron chi connectivity index (χ0n) is 19.7. The molecule has 0 aliphatic heterocycles. The second kappa shape index (κ2) is 11.4. The molecule has 3 aromatic rings. The molecule has 0 atom stereocenters. The molecule has 3 N–H and O–H groups in total. The third-order valence-corrected chi connectivity index (χ3v) is 5.97. The summed E-state index contributed by atoms with van der Waals surface area (Å²) >= 11 is 1.48. The van der Waals surface area contributed by atoms with Gasteiger partial charge >= 0.3 is 0 Å². The number of hydrogen-bond acceptors (Lipinski definition) is 5. The van der Waals surface area contributed by atoms with Crippen molar-refractivity contribution in [3.63, 3.8) is 0 Å². The van der Waals surface area contributed by atoms with Crippen LogP contribution in [-0.2, 0) is 0 Å². The van der Waals surface area contributed by atoms with Crippen LogP contribution in [0.5, 0.6) is 5.75 Å². The molecule has 6 nitrogen and oxygen atoms in total. The number of imidazole rings is 1. The molecule has 7 heteroatoms. The van der Waals surface area contributed by atoms with Gasteiger partial charge in [-0.3, -0.25) is 4.79 Å². The van der Waals surface area contributed by atoms with Crippen LogP contribution in [0.1, 0.15) is 38.2 Å². The predicted octanol–water partition coefficient (Wildman–Crippen LogP) is 6.43. The first-order chi connectivity index (χ1) is 16.0. The average Bonchev–Trinajstić information content (AvgIpc) is 3.28. The number of H-pyrrole nitrogens is 1. The van der Waals surface area contributed by atoms with Crippen LogP contribution in [-0.4, -0.2) is 29.5 Å². The Labute approximate surface area is 199 Å². The van der Waals surface area contributed by atoms with Crippen molar-refractivity contribution in [2.75, 3.05) is 19.0 Å². The number of thioether (sulfide) groups is 1. The number of nitrogens with one attached hydrogen (secondary N) is 3. The summed E-state index contributed by atoms with van der Waals surface area (Å²) in [6.45, 7) is 8.43. The van der Waals surface area contributed by atoms with Gasteiger partial charge in [0.05, 0.1) is 11.6 Å². The number of carbonyl (C=O) groups excluding carboxylic acids is 1. The van der Waals surface area contributed by atoms with E-state index >= 15 is 0 Å². The van der Waals surface area contributed by atoms with Gasteiger partial charge in [0.15, 0.2) is 0 Å². The Morgan fingerprint density at radius 3 is 2.33 bits per heavy atom. The first kappa shape index (κ1) is 24.2. The first-order valence-corrected chi connectivity index (χ1v) is 11.7. The number of aromatic nitrogens is 2. The fourth-order valence-electron chi connectivity index (χ4n) is 3.13. The molecule has 0 saturated heterocycles. The van der Waals surface area contributed by atoms with E-state index in [2.05, 4.69) is 15.6 Å². The Morgan fingerprint density at radius 1 is 1.09 bits per heavy atom. The molecule has 172 valence electrons. The molecule has 1 amide bonds. The van der Waals surface area contributed by atoms with Crippen LogP contribution < -0.4 is 15.4 Å². The van der Waals surface area contributed by atoms with Crippen LogP contribution in [0.2, 0.25) is 0 Å². The number of benzene rings is 2. The molecule has 0 bridgehead atoms. The number of carbonyl (C=O) groups is 1. The summed E-state index contributed by atoms with van der Waals surface area (Å²) in [6, 6.07) is 15.5. The number of hydrogen-bond donors (Lipinski definition) is 3. The first-order valence-electron chi connectivity index (χ1n) is 10.8. The zero-order valence-corrected chi connectivity index (χ0v) is 20.5. The normalized spacial score (nSPS) is 10.8. The van der Waals surface area contributed by atoms with Crippen LogP contribution in [0.3, 0.4) is 0 Å². The fraction of sp³-hybridized carbons (Fsp3) is 0.231. The van der Waals surface area contributed by atoms with Gasteiger partial charge in [-0.15, -0.1) is 0 Å². The zero-order chi connectivity index (χ0) is 23.8. The molecule has 0 radical (unpaired) electrons. The van der Waals surface area contributed by atoms with Gasteiger partial charge in [0.2, 0.25) is 0 Å². The summed E-state index contributed by atoms with van der Waals surface area (Å²) in [6.07, 6.45) is 1.94. The summed E-state index contributed by atoms with van der Waals surface area (Å²) in [5.41, 5.74) is 4.75. The van der Waals surface area contributed by atoms with Crippen LogP contribution in [0.15, 0.2) is 70.6 Å². The minimum absolute atomic E-state index is 0.238. The summed E-state index contributed by atoms with van der Waals surface area (Å²) in [4.78, 5) is 21.4. The van der Waals surface area contributed by atoms with Crippen LogP contribution >= 0.6 is 11.8 Å². The van der Waals surface area contributed by atoms with Crippen molar-refractivity contribution in [3.8, 4) is 28.4 Å². The lowest BCUT2D eigenvalue weighted by Gasteiger charge is -2.10. The molecule has 0 saturated carbocycles. The lowest BCUT2D eigenvalue weighted by molar-refractivity contribution is 0.0965. The Bertz CT molecular complexity index is 1140. The van der Waals surface area contributed by atoms with Crippen molar-refractivity contribution in [2.45, 2.75) is 27.7 Å². The highest BCUT2D eigenvalue weighted by Crippen LogP contribution is 2.29. The SMILES string of the molecule is C/C=C\SC(NC(=O)c1[nH]c(-c2ccc(NC)cc2)nc1-c1ccc(OCC)cc1)=C(C)C. The third kappa shape index (κ3) is 6.08. The number of rotatable bonds is 9. The van der Waals surface area contributed by atoms with Crippen molar-refractivity contribution < 1.29 is 9.53 Å². The standard InChI is InChI=1S/C26H30N4O2S/c1-6-16-33-26(17(3)4)30-25(31)23-22(18-10-14-21(15-11-18)32-7-2)28-24(29-23)19-8-12-20(27-5)13-9-19/h6,8-16,27H,7H2,1-5H3,(H,28,29)(H,30,31)/b16-6-. The van der Waals surface area contributed by atoms with Crippen molar-refractivity contribution in [1.29, 1.82) is 0 Å². The second-order valence-corrected chi connectivity index (χ2v) is 8.38. The largest absolute Gasteiger partial charge is 0.494 e. The van der Waals surface area contributed by atoms with Gasteiger partial charge in [-0.05, 0) is 87.2 Å². The topological polar surface area (TPSA) is 79.0 Å². The van der Waals surface area contributed by atoms with Gasteiger partial charge in [0.25, 0.3) is 5.91 Å². The van der Waals surface area contributed by atoms with Gasteiger partial charge in [-0.2, -0.15) is 0 Å². The molecule has 0 unspecified atom stereocenters. The van der Waals surface area contributed by atoms with Crippen LogP contribution in [0.4, 0.5) is 5.69 Å². The van der Waals surface area contributed by atoms with Crippen molar-refractivity contribution in [1.82, 2.24) is 15.3 Å². The maximum Gasteiger partial charge on any atom is 0.274 e. The van der Waals surface area contributed by atoms with E-state index in [1.54, 1.807) is 0 Å².